The van der Waals surface area contributed by atoms with Crippen molar-refractivity contribution in [1.82, 2.24) is 4.98 Å². The van der Waals surface area contributed by atoms with Gasteiger partial charge in [-0.3, -0.25) is 0 Å². The van der Waals surface area contributed by atoms with Crippen molar-refractivity contribution >= 4 is 28.1 Å². The van der Waals surface area contributed by atoms with Gasteiger partial charge in [0.2, 0.25) is 0 Å². The van der Waals surface area contributed by atoms with Crippen molar-refractivity contribution in [2.24, 2.45) is 0 Å². The molecule has 0 aliphatic rings. The number of ether oxygens (including phenoxy) is 2. The van der Waals surface area contributed by atoms with Gasteiger partial charge in [0, 0.05) is 5.56 Å². The third-order valence-electron chi connectivity index (χ3n) is 4.80. The van der Waals surface area contributed by atoms with Crippen LogP contribution in [0.25, 0.3) is 21.3 Å². The lowest BCUT2D eigenvalue weighted by Gasteiger charge is -2.09. The predicted octanol–water partition coefficient (Wildman–Crippen LogP) is 5.90. The first-order valence-electron chi connectivity index (χ1n) is 9.88. The van der Waals surface area contributed by atoms with Gasteiger partial charge in [0.1, 0.15) is 22.2 Å². The lowest BCUT2D eigenvalue weighted by molar-refractivity contribution is 0.0531. The number of nitriles is 1. The van der Waals surface area contributed by atoms with Crippen molar-refractivity contribution in [1.29, 1.82) is 5.26 Å². The topological polar surface area (TPSA) is 72.2 Å². The molecule has 0 aliphatic heterocycles. The standard InChI is InChI=1S/C25H20N2O3S/c1-3-29-25(28)23-16(2)27-24(31-23)19-11-18-13-21(9-10-22(18)20(12-19)14-26)30-15-17-7-5-4-6-8-17/h4-13H,3,15H2,1-2H3. The normalized spacial score (nSPS) is 10.6. The highest BCUT2D eigenvalue weighted by molar-refractivity contribution is 7.17. The maximum Gasteiger partial charge on any atom is 0.350 e. The Bertz CT molecular complexity index is 1290. The molecule has 0 bridgehead atoms. The van der Waals surface area contributed by atoms with Crippen molar-refractivity contribution in [2.45, 2.75) is 20.5 Å². The van der Waals surface area contributed by atoms with Crippen LogP contribution in [-0.4, -0.2) is 17.6 Å². The van der Waals surface area contributed by atoms with Crippen molar-refractivity contribution in [3.05, 3.63) is 82.4 Å². The summed E-state index contributed by atoms with van der Waals surface area (Å²) in [4.78, 5) is 17.2. The van der Waals surface area contributed by atoms with E-state index in [1.807, 2.05) is 54.6 Å². The van der Waals surface area contributed by atoms with Crippen LogP contribution in [0.4, 0.5) is 0 Å². The molecule has 3 aromatic carbocycles. The van der Waals surface area contributed by atoms with E-state index in [1.54, 1.807) is 19.9 Å². The van der Waals surface area contributed by atoms with E-state index in [2.05, 4.69) is 11.1 Å². The summed E-state index contributed by atoms with van der Waals surface area (Å²) in [6.45, 7) is 4.33. The minimum absolute atomic E-state index is 0.311. The van der Waals surface area contributed by atoms with Gasteiger partial charge in [-0.05, 0) is 60.5 Å². The number of hydrogen-bond acceptors (Lipinski definition) is 6. The molecular formula is C25H20N2O3S. The fourth-order valence-corrected chi connectivity index (χ4v) is 4.25. The Hall–Kier alpha value is -3.69. The van der Waals surface area contributed by atoms with Gasteiger partial charge in [-0.25, -0.2) is 9.78 Å². The lowest BCUT2D eigenvalue weighted by atomic mass is 10.0. The largest absolute Gasteiger partial charge is 0.489 e. The summed E-state index contributed by atoms with van der Waals surface area (Å²) in [5, 5.41) is 12.1. The van der Waals surface area contributed by atoms with Gasteiger partial charge in [-0.15, -0.1) is 11.3 Å². The highest BCUT2D eigenvalue weighted by Crippen LogP contribution is 2.33. The molecule has 4 rings (SSSR count). The second kappa shape index (κ2) is 8.99. The van der Waals surface area contributed by atoms with Gasteiger partial charge < -0.3 is 9.47 Å². The number of hydrogen-bond donors (Lipinski definition) is 0. The summed E-state index contributed by atoms with van der Waals surface area (Å²) in [7, 11) is 0. The van der Waals surface area contributed by atoms with Crippen molar-refractivity contribution in [2.75, 3.05) is 6.61 Å². The molecule has 1 aromatic heterocycles. The number of fused-ring (bicyclic) bond motifs is 1. The number of nitrogens with zero attached hydrogens (tertiary/aromatic N) is 2. The molecule has 0 aliphatic carbocycles. The van der Waals surface area contributed by atoms with Crippen LogP contribution in [0.15, 0.2) is 60.7 Å². The smallest absolute Gasteiger partial charge is 0.350 e. The van der Waals surface area contributed by atoms with Crippen LogP contribution >= 0.6 is 11.3 Å². The molecule has 0 radical (unpaired) electrons. The van der Waals surface area contributed by atoms with E-state index in [4.69, 9.17) is 9.47 Å². The van der Waals surface area contributed by atoms with Crippen LogP contribution < -0.4 is 4.74 Å². The van der Waals surface area contributed by atoms with E-state index in [0.717, 1.165) is 27.6 Å². The van der Waals surface area contributed by atoms with Gasteiger partial charge >= 0.3 is 5.97 Å². The maximum atomic E-state index is 12.2. The van der Waals surface area contributed by atoms with Crippen LogP contribution in [0.1, 0.15) is 33.4 Å². The quantitative estimate of drug-likeness (QED) is 0.358. The van der Waals surface area contributed by atoms with Gasteiger partial charge in [0.05, 0.1) is 23.9 Å². The molecule has 0 spiro atoms. The Balaban J connectivity index is 1.69. The first-order valence-corrected chi connectivity index (χ1v) is 10.7. The maximum absolute atomic E-state index is 12.2. The second-order valence-corrected chi connectivity index (χ2v) is 7.95. The van der Waals surface area contributed by atoms with Gasteiger partial charge in [0.25, 0.3) is 0 Å². The zero-order valence-electron chi connectivity index (χ0n) is 17.2. The van der Waals surface area contributed by atoms with Crippen LogP contribution in [0.5, 0.6) is 5.75 Å². The molecule has 0 fully saturated rings. The minimum Gasteiger partial charge on any atom is -0.489 e. The Kier molecular flexibility index (Phi) is 5.96. The van der Waals surface area contributed by atoms with Crippen molar-refractivity contribution in [3.63, 3.8) is 0 Å². The highest BCUT2D eigenvalue weighted by Gasteiger charge is 2.18. The zero-order valence-corrected chi connectivity index (χ0v) is 18.0. The molecule has 6 heteroatoms. The van der Waals surface area contributed by atoms with E-state index in [0.29, 0.717) is 34.4 Å². The molecule has 1 heterocycles. The Morgan fingerprint density at radius 3 is 2.68 bits per heavy atom. The number of benzene rings is 3. The molecule has 0 N–H and O–H groups in total. The monoisotopic (exact) mass is 428 g/mol. The first kappa shape index (κ1) is 20.6. The molecule has 154 valence electrons. The summed E-state index contributed by atoms with van der Waals surface area (Å²) in [6, 6.07) is 21.7. The number of carbonyl (C=O) groups excluding carboxylic acids is 1. The predicted molar refractivity (Wildman–Crippen MR) is 121 cm³/mol. The molecule has 0 atom stereocenters. The minimum atomic E-state index is -0.373. The molecule has 0 unspecified atom stereocenters. The summed E-state index contributed by atoms with van der Waals surface area (Å²) in [6.07, 6.45) is 0. The van der Waals surface area contributed by atoms with Crippen LogP contribution in [0, 0.1) is 18.3 Å². The summed E-state index contributed by atoms with van der Waals surface area (Å²) < 4.78 is 11.1. The third kappa shape index (κ3) is 4.42. The van der Waals surface area contributed by atoms with E-state index in [-0.39, 0.29) is 5.97 Å². The summed E-state index contributed by atoms with van der Waals surface area (Å²) in [5.74, 6) is 0.349. The van der Waals surface area contributed by atoms with Crippen molar-refractivity contribution < 1.29 is 14.3 Å². The Morgan fingerprint density at radius 1 is 1.13 bits per heavy atom. The Labute approximate surface area is 184 Å². The van der Waals surface area contributed by atoms with Gasteiger partial charge in [-0.2, -0.15) is 5.26 Å². The van der Waals surface area contributed by atoms with Crippen LogP contribution in [-0.2, 0) is 11.3 Å². The number of thiazole rings is 1. The molecule has 0 saturated carbocycles. The number of esters is 1. The summed E-state index contributed by atoms with van der Waals surface area (Å²) >= 11 is 1.27. The van der Waals surface area contributed by atoms with E-state index >= 15 is 0 Å². The van der Waals surface area contributed by atoms with E-state index in [1.165, 1.54) is 11.3 Å². The molecule has 31 heavy (non-hydrogen) atoms. The SMILES string of the molecule is CCOC(=O)c1sc(-c2cc(C#N)c3ccc(OCc4ccccc4)cc3c2)nc1C. The summed E-state index contributed by atoms with van der Waals surface area (Å²) in [5.41, 5.74) is 3.04. The van der Waals surface area contributed by atoms with Crippen LogP contribution in [0.2, 0.25) is 0 Å². The Morgan fingerprint density at radius 2 is 1.94 bits per heavy atom. The number of carbonyl (C=O) groups is 1. The van der Waals surface area contributed by atoms with Gasteiger partial charge in [0.15, 0.2) is 0 Å². The molecule has 5 nitrogen and oxygen atoms in total. The molecule has 4 aromatic rings. The molecule has 0 amide bonds. The average molecular weight is 429 g/mol. The second-order valence-electron chi connectivity index (χ2n) is 6.95. The van der Waals surface area contributed by atoms with E-state index in [9.17, 15) is 10.1 Å². The zero-order chi connectivity index (χ0) is 21.8. The van der Waals surface area contributed by atoms with Gasteiger partial charge in [-0.1, -0.05) is 30.3 Å². The molecular weight excluding hydrogens is 408 g/mol. The lowest BCUT2D eigenvalue weighted by Crippen LogP contribution is -2.03. The highest BCUT2D eigenvalue weighted by atomic mass is 32.1. The number of rotatable bonds is 6. The molecule has 0 saturated heterocycles. The van der Waals surface area contributed by atoms with Crippen LogP contribution in [0.3, 0.4) is 0 Å². The van der Waals surface area contributed by atoms with E-state index < -0.39 is 0 Å². The average Bonchev–Trinajstić information content (AvgIpc) is 3.19. The number of aromatic nitrogens is 1. The van der Waals surface area contributed by atoms with Crippen molar-refractivity contribution in [3.8, 4) is 22.4 Å². The first-order chi connectivity index (χ1) is 15.1. The fourth-order valence-electron chi connectivity index (χ4n) is 3.30. The number of aryl methyl sites for hydroxylation is 1. The fraction of sp³-hybridized carbons (Fsp3) is 0.160. The third-order valence-corrected chi connectivity index (χ3v) is 5.98.